The Balaban J connectivity index is 1.47. The molecule has 2 aromatic carbocycles. The molecule has 9 heteroatoms. The first-order chi connectivity index (χ1) is 15.4. The minimum atomic E-state index is -0.737. The lowest BCUT2D eigenvalue weighted by Crippen LogP contribution is -2.40. The monoisotopic (exact) mass is 527 g/mol. The number of halogens is 2. The third-order valence-electron chi connectivity index (χ3n) is 5.42. The molecule has 0 saturated carbocycles. The number of carbonyl (C=O) groups excluding carboxylic acids is 3. The number of ketones is 1. The average molecular weight is 529 g/mol. The largest absolute Gasteiger partial charge is 0.299 e. The number of anilines is 1. The summed E-state index contributed by atoms with van der Waals surface area (Å²) in [5.74, 6) is -1.76. The first kappa shape index (κ1) is 21.1. The van der Waals surface area contributed by atoms with Gasteiger partial charge in [0.1, 0.15) is 6.54 Å². The molecule has 0 N–H and O–H groups in total. The SMILES string of the molecule is O=C1C(=O)N(CC(=O)N2N=C(c3cccc(Br)c3)CC2c2cccs2)c2ccc(Cl)cc21. The number of hydrogen-bond acceptors (Lipinski definition) is 5. The van der Waals surface area contributed by atoms with Crippen molar-refractivity contribution in [2.24, 2.45) is 5.10 Å². The lowest BCUT2D eigenvalue weighted by Gasteiger charge is -2.23. The van der Waals surface area contributed by atoms with Crippen molar-refractivity contribution >= 4 is 67.9 Å². The van der Waals surface area contributed by atoms with Gasteiger partial charge in [-0.1, -0.05) is 45.7 Å². The van der Waals surface area contributed by atoms with Crippen molar-refractivity contribution in [3.05, 3.63) is 85.5 Å². The van der Waals surface area contributed by atoms with Crippen LogP contribution in [-0.2, 0) is 9.59 Å². The normalized spacial score (nSPS) is 17.7. The van der Waals surface area contributed by atoms with E-state index in [-0.39, 0.29) is 24.1 Å². The molecule has 5 rings (SSSR count). The molecule has 2 aliphatic rings. The Labute approximate surface area is 201 Å². The van der Waals surface area contributed by atoms with Crippen molar-refractivity contribution in [3.8, 4) is 0 Å². The number of fused-ring (bicyclic) bond motifs is 1. The van der Waals surface area contributed by atoms with Crippen LogP contribution in [0.4, 0.5) is 5.69 Å². The number of hydrazone groups is 1. The maximum atomic E-state index is 13.4. The molecule has 2 aliphatic heterocycles. The first-order valence-corrected chi connectivity index (χ1v) is 11.8. The molecule has 0 spiro atoms. The van der Waals surface area contributed by atoms with Crippen LogP contribution in [0.5, 0.6) is 0 Å². The fourth-order valence-electron chi connectivity index (χ4n) is 3.92. The number of nitrogens with zero attached hydrogens (tertiary/aromatic N) is 3. The fourth-order valence-corrected chi connectivity index (χ4v) is 5.31. The second kappa shape index (κ2) is 8.27. The van der Waals surface area contributed by atoms with Crippen LogP contribution in [0.1, 0.15) is 33.3 Å². The van der Waals surface area contributed by atoms with E-state index in [1.54, 1.807) is 23.5 Å². The van der Waals surface area contributed by atoms with Gasteiger partial charge in [-0.25, -0.2) is 5.01 Å². The number of amides is 2. The summed E-state index contributed by atoms with van der Waals surface area (Å²) in [6, 6.07) is 16.0. The Hall–Kier alpha value is -2.81. The van der Waals surface area contributed by atoms with Crippen LogP contribution in [0.2, 0.25) is 5.02 Å². The van der Waals surface area contributed by atoms with Gasteiger partial charge in [0.05, 0.1) is 23.0 Å². The number of thiophene rings is 1. The highest BCUT2D eigenvalue weighted by atomic mass is 79.9. The fraction of sp³-hybridized carbons (Fsp3) is 0.130. The van der Waals surface area contributed by atoms with Crippen molar-refractivity contribution < 1.29 is 14.4 Å². The molecule has 1 atom stereocenters. The van der Waals surface area contributed by atoms with Crippen molar-refractivity contribution in [2.45, 2.75) is 12.5 Å². The smallest absolute Gasteiger partial charge is 0.295 e. The van der Waals surface area contributed by atoms with Gasteiger partial charge in [0.15, 0.2) is 0 Å². The molecule has 1 aromatic heterocycles. The van der Waals surface area contributed by atoms with Crippen LogP contribution in [0, 0.1) is 0 Å². The van der Waals surface area contributed by atoms with Crippen molar-refractivity contribution in [2.75, 3.05) is 11.4 Å². The number of rotatable bonds is 4. The number of benzene rings is 2. The predicted octanol–water partition coefficient (Wildman–Crippen LogP) is 5.07. The topological polar surface area (TPSA) is 70.1 Å². The zero-order chi connectivity index (χ0) is 22.4. The molecule has 0 fully saturated rings. The molecule has 0 aliphatic carbocycles. The van der Waals surface area contributed by atoms with E-state index in [2.05, 4.69) is 21.0 Å². The Morgan fingerprint density at radius 3 is 2.75 bits per heavy atom. The van der Waals surface area contributed by atoms with Gasteiger partial charge in [0, 0.05) is 20.8 Å². The minimum absolute atomic E-state index is 0.213. The van der Waals surface area contributed by atoms with Gasteiger partial charge in [-0.2, -0.15) is 5.10 Å². The molecular weight excluding hydrogens is 514 g/mol. The maximum Gasteiger partial charge on any atom is 0.299 e. The highest BCUT2D eigenvalue weighted by Crippen LogP contribution is 2.37. The molecule has 0 radical (unpaired) electrons. The average Bonchev–Trinajstić information content (AvgIpc) is 3.50. The summed E-state index contributed by atoms with van der Waals surface area (Å²) in [6.07, 6.45) is 0.557. The molecule has 32 heavy (non-hydrogen) atoms. The Bertz CT molecular complexity index is 1290. The van der Waals surface area contributed by atoms with E-state index < -0.39 is 11.7 Å². The maximum absolute atomic E-state index is 13.4. The molecule has 3 aromatic rings. The predicted molar refractivity (Wildman–Crippen MR) is 127 cm³/mol. The van der Waals surface area contributed by atoms with E-state index in [0.717, 1.165) is 20.6 Å². The van der Waals surface area contributed by atoms with E-state index in [1.807, 2.05) is 41.8 Å². The van der Waals surface area contributed by atoms with Gasteiger partial charge in [-0.3, -0.25) is 19.3 Å². The standard InChI is InChI=1S/C23H15BrClN3O3S/c24-14-4-1-3-13(9-14)17-11-19(20-5-2-8-32-20)28(26-17)21(29)12-27-18-7-6-15(25)10-16(18)22(30)23(27)31/h1-10,19H,11-12H2. The van der Waals surface area contributed by atoms with Gasteiger partial charge in [-0.15, -0.1) is 11.3 Å². The minimum Gasteiger partial charge on any atom is -0.295 e. The Morgan fingerprint density at radius 1 is 1.16 bits per heavy atom. The number of Topliss-reactive ketones (excluding diaryl/α,β-unsaturated/α-hetero) is 1. The summed E-state index contributed by atoms with van der Waals surface area (Å²) in [6.45, 7) is -0.281. The summed E-state index contributed by atoms with van der Waals surface area (Å²) in [4.78, 5) is 40.5. The van der Waals surface area contributed by atoms with Crippen LogP contribution < -0.4 is 4.90 Å². The number of hydrogen-bond donors (Lipinski definition) is 0. The number of carbonyl (C=O) groups is 3. The summed E-state index contributed by atoms with van der Waals surface area (Å²) in [7, 11) is 0. The molecule has 2 amide bonds. The Kier molecular flexibility index (Phi) is 5.44. The lowest BCUT2D eigenvalue weighted by molar-refractivity contribution is -0.132. The molecular formula is C23H15BrClN3O3S. The first-order valence-electron chi connectivity index (χ1n) is 9.77. The van der Waals surface area contributed by atoms with Crippen LogP contribution in [-0.4, -0.2) is 34.9 Å². The summed E-state index contributed by atoms with van der Waals surface area (Å²) in [5.41, 5.74) is 2.31. The van der Waals surface area contributed by atoms with E-state index in [1.165, 1.54) is 16.0 Å². The molecule has 0 bridgehead atoms. The van der Waals surface area contributed by atoms with Gasteiger partial charge < -0.3 is 0 Å². The van der Waals surface area contributed by atoms with Crippen LogP contribution in [0.15, 0.2) is 69.6 Å². The quantitative estimate of drug-likeness (QED) is 0.444. The molecule has 6 nitrogen and oxygen atoms in total. The van der Waals surface area contributed by atoms with Crippen LogP contribution in [0.3, 0.4) is 0 Å². The van der Waals surface area contributed by atoms with Crippen molar-refractivity contribution in [3.63, 3.8) is 0 Å². The molecule has 1 unspecified atom stereocenters. The van der Waals surface area contributed by atoms with Gasteiger partial charge in [0.2, 0.25) is 0 Å². The van der Waals surface area contributed by atoms with Crippen LogP contribution >= 0.6 is 38.9 Å². The summed E-state index contributed by atoms with van der Waals surface area (Å²) in [5, 5.41) is 8.39. The van der Waals surface area contributed by atoms with Gasteiger partial charge >= 0.3 is 0 Å². The van der Waals surface area contributed by atoms with Gasteiger partial charge in [0.25, 0.3) is 17.6 Å². The molecule has 0 saturated heterocycles. The second-order valence-corrected chi connectivity index (χ2v) is 9.74. The third-order valence-corrected chi connectivity index (χ3v) is 7.12. The van der Waals surface area contributed by atoms with Crippen molar-refractivity contribution in [1.29, 1.82) is 0 Å². The van der Waals surface area contributed by atoms with E-state index in [9.17, 15) is 14.4 Å². The molecule has 160 valence electrons. The van der Waals surface area contributed by atoms with E-state index in [0.29, 0.717) is 17.1 Å². The lowest BCUT2D eigenvalue weighted by atomic mass is 10.0. The Morgan fingerprint density at radius 2 is 2.00 bits per heavy atom. The van der Waals surface area contributed by atoms with Crippen molar-refractivity contribution in [1.82, 2.24) is 5.01 Å². The highest BCUT2D eigenvalue weighted by molar-refractivity contribution is 9.10. The zero-order valence-electron chi connectivity index (χ0n) is 16.5. The summed E-state index contributed by atoms with van der Waals surface area (Å²) < 4.78 is 0.923. The van der Waals surface area contributed by atoms with Gasteiger partial charge in [-0.05, 0) is 47.3 Å². The zero-order valence-corrected chi connectivity index (χ0v) is 19.7. The summed E-state index contributed by atoms with van der Waals surface area (Å²) >= 11 is 11.0. The van der Waals surface area contributed by atoms with Crippen LogP contribution in [0.25, 0.3) is 0 Å². The third kappa shape index (κ3) is 3.68. The van der Waals surface area contributed by atoms with E-state index in [4.69, 9.17) is 11.6 Å². The van der Waals surface area contributed by atoms with E-state index >= 15 is 0 Å². The highest BCUT2D eigenvalue weighted by Gasteiger charge is 2.40. The second-order valence-electron chi connectivity index (χ2n) is 7.41. The molecule has 3 heterocycles.